The number of halogens is 1. The first-order chi connectivity index (χ1) is 8.00. The zero-order valence-corrected chi connectivity index (χ0v) is 9.87. The molecular weight excluding hydrogens is 245 g/mol. The van der Waals surface area contributed by atoms with Crippen molar-refractivity contribution in [2.45, 2.75) is 12.8 Å². The fourth-order valence-corrected chi connectivity index (χ4v) is 3.97. The summed E-state index contributed by atoms with van der Waals surface area (Å²) in [5.74, 6) is -1.09. The van der Waals surface area contributed by atoms with Crippen LogP contribution in [0.2, 0.25) is 0 Å². The van der Waals surface area contributed by atoms with Gasteiger partial charge in [0.1, 0.15) is 5.82 Å². The van der Waals surface area contributed by atoms with Crippen LogP contribution in [0, 0.1) is 5.82 Å². The third kappa shape index (κ3) is 2.63. The van der Waals surface area contributed by atoms with E-state index in [9.17, 15) is 13.4 Å². The van der Waals surface area contributed by atoms with E-state index in [0.717, 1.165) is 25.0 Å². The van der Waals surface area contributed by atoms with Crippen molar-refractivity contribution in [1.82, 2.24) is 0 Å². The molecule has 6 heteroatoms. The standard InChI is InChI=1S/C11H12FNO3S/c12-10-7-8(3-4-9(10)11(14)15)13-17(16)5-1-2-6-17/h3-4,7H,1-2,5-6H2,(H,14,15). The lowest BCUT2D eigenvalue weighted by atomic mass is 10.2. The predicted molar refractivity (Wildman–Crippen MR) is 62.6 cm³/mol. The fraction of sp³-hybridized carbons (Fsp3) is 0.364. The molecule has 0 saturated carbocycles. The van der Waals surface area contributed by atoms with Gasteiger partial charge in [0.25, 0.3) is 0 Å². The highest BCUT2D eigenvalue weighted by atomic mass is 32.2. The van der Waals surface area contributed by atoms with Crippen LogP contribution in [0.25, 0.3) is 0 Å². The molecular formula is C11H12FNO3S. The Kier molecular flexibility index (Phi) is 3.15. The van der Waals surface area contributed by atoms with E-state index in [0.29, 0.717) is 11.5 Å². The van der Waals surface area contributed by atoms with Gasteiger partial charge >= 0.3 is 5.97 Å². The third-order valence-corrected chi connectivity index (χ3v) is 5.03. The predicted octanol–water partition coefficient (Wildman–Crippen LogP) is 2.42. The molecule has 1 aliphatic rings. The number of carbonyl (C=O) groups is 1. The van der Waals surface area contributed by atoms with Gasteiger partial charge in [-0.15, -0.1) is 0 Å². The van der Waals surface area contributed by atoms with E-state index >= 15 is 0 Å². The summed E-state index contributed by atoms with van der Waals surface area (Å²) in [5, 5.41) is 8.66. The summed E-state index contributed by atoms with van der Waals surface area (Å²) >= 11 is 0. The van der Waals surface area contributed by atoms with Crippen molar-refractivity contribution in [3.8, 4) is 0 Å². The van der Waals surface area contributed by atoms with Crippen LogP contribution in [0.3, 0.4) is 0 Å². The summed E-state index contributed by atoms with van der Waals surface area (Å²) < 4.78 is 29.5. The molecule has 2 rings (SSSR count). The maximum Gasteiger partial charge on any atom is 0.338 e. The summed E-state index contributed by atoms with van der Waals surface area (Å²) in [5.41, 5.74) is -0.148. The Morgan fingerprint density at radius 1 is 1.35 bits per heavy atom. The smallest absolute Gasteiger partial charge is 0.338 e. The highest BCUT2D eigenvalue weighted by Gasteiger charge is 2.17. The van der Waals surface area contributed by atoms with Crippen LogP contribution in [0.5, 0.6) is 0 Å². The topological polar surface area (TPSA) is 66.7 Å². The summed E-state index contributed by atoms with van der Waals surface area (Å²) in [6, 6.07) is 3.56. The monoisotopic (exact) mass is 257 g/mol. The third-order valence-electron chi connectivity index (χ3n) is 2.63. The van der Waals surface area contributed by atoms with Crippen molar-refractivity contribution < 1.29 is 18.5 Å². The molecule has 1 saturated heterocycles. The van der Waals surface area contributed by atoms with Crippen LogP contribution in [0.1, 0.15) is 23.2 Å². The Labute approximate surface area is 98.7 Å². The number of carboxylic acids is 1. The van der Waals surface area contributed by atoms with Gasteiger partial charge < -0.3 is 5.11 Å². The van der Waals surface area contributed by atoms with Gasteiger partial charge in [0.15, 0.2) is 0 Å². The van der Waals surface area contributed by atoms with E-state index in [4.69, 9.17) is 5.11 Å². The number of nitrogens with zero attached hydrogens (tertiary/aromatic N) is 1. The van der Waals surface area contributed by atoms with Gasteiger partial charge in [0.2, 0.25) is 0 Å². The van der Waals surface area contributed by atoms with Gasteiger partial charge in [0.05, 0.1) is 21.0 Å². The van der Waals surface area contributed by atoms with Gasteiger partial charge in [-0.05, 0) is 25.0 Å². The van der Waals surface area contributed by atoms with Gasteiger partial charge in [-0.2, -0.15) is 4.36 Å². The first kappa shape index (κ1) is 12.0. The SMILES string of the molecule is O=C(O)c1ccc(N=S2(=O)CCCC2)cc1F. The van der Waals surface area contributed by atoms with Gasteiger partial charge in [-0.3, -0.25) is 0 Å². The van der Waals surface area contributed by atoms with E-state index < -0.39 is 27.1 Å². The highest BCUT2D eigenvalue weighted by Crippen LogP contribution is 2.23. The zero-order chi connectivity index (χ0) is 12.5. The van der Waals surface area contributed by atoms with Crippen LogP contribution in [-0.2, 0) is 9.73 Å². The second kappa shape index (κ2) is 4.44. The molecule has 0 spiro atoms. The second-order valence-corrected chi connectivity index (χ2v) is 6.49. The second-order valence-electron chi connectivity index (χ2n) is 3.95. The molecule has 0 atom stereocenters. The van der Waals surface area contributed by atoms with E-state index in [1.165, 1.54) is 6.07 Å². The average Bonchev–Trinajstić information content (AvgIpc) is 2.64. The number of hydrogen-bond donors (Lipinski definition) is 1. The van der Waals surface area contributed by atoms with Crippen LogP contribution in [0.15, 0.2) is 22.6 Å². The van der Waals surface area contributed by atoms with Crippen molar-refractivity contribution >= 4 is 21.4 Å². The molecule has 1 aromatic rings. The van der Waals surface area contributed by atoms with Gasteiger partial charge in [-0.25, -0.2) is 13.4 Å². The Balaban J connectivity index is 2.39. The quantitative estimate of drug-likeness (QED) is 0.884. The maximum absolute atomic E-state index is 13.4. The molecule has 0 amide bonds. The number of carboxylic acid groups (broad SMARTS) is 1. The number of aromatic carboxylic acids is 1. The molecule has 0 aromatic heterocycles. The molecule has 0 unspecified atom stereocenters. The molecule has 0 aliphatic carbocycles. The lowest BCUT2D eigenvalue weighted by Gasteiger charge is -2.02. The van der Waals surface area contributed by atoms with Gasteiger partial charge in [0, 0.05) is 17.6 Å². The van der Waals surface area contributed by atoms with E-state index in [-0.39, 0.29) is 5.69 Å². The molecule has 1 fully saturated rings. The minimum Gasteiger partial charge on any atom is -0.478 e. The molecule has 0 radical (unpaired) electrons. The average molecular weight is 257 g/mol. The van der Waals surface area contributed by atoms with Crippen molar-refractivity contribution in [3.63, 3.8) is 0 Å². The largest absolute Gasteiger partial charge is 0.478 e. The molecule has 1 heterocycles. The van der Waals surface area contributed by atoms with Crippen LogP contribution < -0.4 is 0 Å². The molecule has 92 valence electrons. The Morgan fingerprint density at radius 3 is 2.53 bits per heavy atom. The number of hydrogen-bond acceptors (Lipinski definition) is 3. The van der Waals surface area contributed by atoms with Crippen molar-refractivity contribution in [2.75, 3.05) is 11.5 Å². The Hall–Kier alpha value is -1.43. The summed E-state index contributed by atoms with van der Waals surface area (Å²) in [6.45, 7) is 0. The molecule has 17 heavy (non-hydrogen) atoms. The normalized spacial score (nSPS) is 17.9. The molecule has 4 nitrogen and oxygen atoms in total. The Bertz CT molecular complexity index is 564. The minimum absolute atomic E-state index is 0.249. The van der Waals surface area contributed by atoms with Crippen molar-refractivity contribution in [1.29, 1.82) is 0 Å². The molecule has 1 N–H and O–H groups in total. The van der Waals surface area contributed by atoms with Crippen molar-refractivity contribution in [3.05, 3.63) is 29.6 Å². The van der Waals surface area contributed by atoms with Crippen LogP contribution >= 0.6 is 0 Å². The summed E-state index contributed by atoms with van der Waals surface area (Å²) in [4.78, 5) is 10.6. The van der Waals surface area contributed by atoms with Crippen LogP contribution in [-0.4, -0.2) is 26.8 Å². The molecule has 1 aromatic carbocycles. The number of rotatable bonds is 2. The lowest BCUT2D eigenvalue weighted by Crippen LogP contribution is -2.01. The molecule has 0 bridgehead atoms. The van der Waals surface area contributed by atoms with Gasteiger partial charge in [-0.1, -0.05) is 0 Å². The number of benzene rings is 1. The maximum atomic E-state index is 13.4. The summed E-state index contributed by atoms with van der Waals surface area (Å²) in [7, 11) is -2.25. The highest BCUT2D eigenvalue weighted by molar-refractivity contribution is 7.93. The minimum atomic E-state index is -2.25. The Morgan fingerprint density at radius 2 is 2.00 bits per heavy atom. The fourth-order valence-electron chi connectivity index (χ4n) is 1.77. The van der Waals surface area contributed by atoms with Crippen LogP contribution in [0.4, 0.5) is 10.1 Å². The summed E-state index contributed by atoms with van der Waals surface area (Å²) in [6.07, 6.45) is 1.75. The first-order valence-electron chi connectivity index (χ1n) is 5.25. The first-order valence-corrected chi connectivity index (χ1v) is 7.11. The van der Waals surface area contributed by atoms with E-state index in [1.807, 2.05) is 0 Å². The van der Waals surface area contributed by atoms with E-state index in [2.05, 4.69) is 4.36 Å². The zero-order valence-electron chi connectivity index (χ0n) is 9.06. The van der Waals surface area contributed by atoms with E-state index in [1.54, 1.807) is 0 Å². The lowest BCUT2D eigenvalue weighted by molar-refractivity contribution is 0.0692. The molecule has 1 aliphatic heterocycles. The van der Waals surface area contributed by atoms with Crippen molar-refractivity contribution in [2.24, 2.45) is 4.36 Å².